The lowest BCUT2D eigenvalue weighted by molar-refractivity contribution is 0.227. The summed E-state index contributed by atoms with van der Waals surface area (Å²) in [5.74, 6) is 0. The maximum atomic E-state index is 11.4. The van der Waals surface area contributed by atoms with Crippen molar-refractivity contribution in [3.63, 3.8) is 0 Å². The van der Waals surface area contributed by atoms with Crippen LogP contribution in [-0.4, -0.2) is 30.7 Å². The number of nitrogens with one attached hydrogen (secondary N) is 3. The highest BCUT2D eigenvalue weighted by Crippen LogP contribution is 2.12. The van der Waals surface area contributed by atoms with Gasteiger partial charge in [0, 0.05) is 12.6 Å². The fraction of sp³-hybridized carbons (Fsp3) is 0.889. The molecule has 0 aromatic heterocycles. The molecular weight excluding hydrogens is 166 g/mol. The molecule has 0 aliphatic carbocycles. The molecule has 13 heavy (non-hydrogen) atoms. The molecular formula is C9H19N3O. The molecule has 1 rings (SSSR count). The Morgan fingerprint density at radius 1 is 1.54 bits per heavy atom. The SMILES string of the molecule is CC(C)NC(=O)NC1(C)CCNC1. The van der Waals surface area contributed by atoms with Gasteiger partial charge < -0.3 is 16.0 Å². The molecule has 0 aromatic carbocycles. The van der Waals surface area contributed by atoms with E-state index in [0.717, 1.165) is 19.5 Å². The molecule has 1 aliphatic rings. The first kappa shape index (κ1) is 10.3. The minimum absolute atomic E-state index is 0.0683. The van der Waals surface area contributed by atoms with Gasteiger partial charge in [-0.15, -0.1) is 0 Å². The van der Waals surface area contributed by atoms with Crippen LogP contribution in [0.5, 0.6) is 0 Å². The largest absolute Gasteiger partial charge is 0.336 e. The maximum absolute atomic E-state index is 11.4. The molecule has 1 unspecified atom stereocenters. The normalized spacial score (nSPS) is 27.7. The van der Waals surface area contributed by atoms with Crippen LogP contribution in [0.1, 0.15) is 27.2 Å². The molecule has 1 fully saturated rings. The summed E-state index contributed by atoms with van der Waals surface area (Å²) in [5, 5.41) is 9.02. The lowest BCUT2D eigenvalue weighted by Crippen LogP contribution is -2.52. The Kier molecular flexibility index (Phi) is 3.14. The summed E-state index contributed by atoms with van der Waals surface area (Å²) in [5.41, 5.74) is -0.0705. The van der Waals surface area contributed by atoms with E-state index in [4.69, 9.17) is 0 Å². The molecule has 2 amide bonds. The first-order chi connectivity index (χ1) is 6.02. The number of rotatable bonds is 2. The molecule has 0 aromatic rings. The fourth-order valence-corrected chi connectivity index (χ4v) is 1.50. The van der Waals surface area contributed by atoms with Crippen LogP contribution in [0.25, 0.3) is 0 Å². The quantitative estimate of drug-likeness (QED) is 0.585. The molecule has 1 aliphatic heterocycles. The molecule has 0 saturated carbocycles. The second-order valence-corrected chi connectivity index (χ2v) is 4.24. The Morgan fingerprint density at radius 2 is 2.23 bits per heavy atom. The van der Waals surface area contributed by atoms with E-state index in [-0.39, 0.29) is 17.6 Å². The molecule has 0 spiro atoms. The smallest absolute Gasteiger partial charge is 0.315 e. The summed E-state index contributed by atoms with van der Waals surface area (Å²) in [7, 11) is 0. The van der Waals surface area contributed by atoms with Crippen molar-refractivity contribution >= 4 is 6.03 Å². The predicted octanol–water partition coefficient (Wildman–Crippen LogP) is 0.446. The van der Waals surface area contributed by atoms with E-state index in [1.807, 2.05) is 13.8 Å². The van der Waals surface area contributed by atoms with Crippen LogP contribution in [0, 0.1) is 0 Å². The van der Waals surface area contributed by atoms with Gasteiger partial charge in [-0.3, -0.25) is 0 Å². The molecule has 4 heteroatoms. The van der Waals surface area contributed by atoms with Crippen molar-refractivity contribution in [1.82, 2.24) is 16.0 Å². The van der Waals surface area contributed by atoms with Gasteiger partial charge >= 0.3 is 6.03 Å². The molecule has 1 atom stereocenters. The van der Waals surface area contributed by atoms with Crippen molar-refractivity contribution in [2.45, 2.75) is 38.8 Å². The third-order valence-corrected chi connectivity index (χ3v) is 2.20. The summed E-state index contributed by atoms with van der Waals surface area (Å²) in [6.07, 6.45) is 0.999. The highest BCUT2D eigenvalue weighted by atomic mass is 16.2. The van der Waals surface area contributed by atoms with E-state index in [2.05, 4.69) is 22.9 Å². The van der Waals surface area contributed by atoms with E-state index in [0.29, 0.717) is 0 Å². The molecule has 1 saturated heterocycles. The van der Waals surface area contributed by atoms with E-state index < -0.39 is 0 Å². The van der Waals surface area contributed by atoms with Gasteiger partial charge in [0.15, 0.2) is 0 Å². The summed E-state index contributed by atoms with van der Waals surface area (Å²) in [4.78, 5) is 11.4. The van der Waals surface area contributed by atoms with Gasteiger partial charge in [0.25, 0.3) is 0 Å². The van der Waals surface area contributed by atoms with Crippen LogP contribution >= 0.6 is 0 Å². The van der Waals surface area contributed by atoms with Crippen LogP contribution in [0.15, 0.2) is 0 Å². The lowest BCUT2D eigenvalue weighted by atomic mass is 10.0. The minimum Gasteiger partial charge on any atom is -0.336 e. The summed E-state index contributed by atoms with van der Waals surface area (Å²) < 4.78 is 0. The average Bonchev–Trinajstić information content (AvgIpc) is 2.33. The number of urea groups is 1. The zero-order chi connectivity index (χ0) is 9.90. The molecule has 3 N–H and O–H groups in total. The second-order valence-electron chi connectivity index (χ2n) is 4.24. The van der Waals surface area contributed by atoms with Crippen LogP contribution < -0.4 is 16.0 Å². The molecule has 0 bridgehead atoms. The van der Waals surface area contributed by atoms with Crippen molar-refractivity contribution < 1.29 is 4.79 Å². The molecule has 1 heterocycles. The van der Waals surface area contributed by atoms with Crippen LogP contribution in [0.4, 0.5) is 4.79 Å². The third-order valence-electron chi connectivity index (χ3n) is 2.20. The molecule has 0 radical (unpaired) electrons. The predicted molar refractivity (Wildman–Crippen MR) is 52.7 cm³/mol. The highest BCUT2D eigenvalue weighted by Gasteiger charge is 2.29. The molecule has 4 nitrogen and oxygen atoms in total. The monoisotopic (exact) mass is 185 g/mol. The third kappa shape index (κ3) is 3.22. The average molecular weight is 185 g/mol. The molecule has 76 valence electrons. The first-order valence-electron chi connectivity index (χ1n) is 4.81. The maximum Gasteiger partial charge on any atom is 0.315 e. The number of carbonyl (C=O) groups excluding carboxylic acids is 1. The van der Waals surface area contributed by atoms with Crippen molar-refractivity contribution in [3.8, 4) is 0 Å². The summed E-state index contributed by atoms with van der Waals surface area (Å²) in [6.45, 7) is 7.81. The van der Waals surface area contributed by atoms with Crippen LogP contribution in [-0.2, 0) is 0 Å². The Hall–Kier alpha value is -0.770. The highest BCUT2D eigenvalue weighted by molar-refractivity contribution is 5.75. The zero-order valence-electron chi connectivity index (χ0n) is 8.61. The number of amides is 2. The van der Waals surface area contributed by atoms with Gasteiger partial charge in [-0.1, -0.05) is 0 Å². The Bertz CT molecular complexity index is 185. The van der Waals surface area contributed by atoms with Crippen LogP contribution in [0.2, 0.25) is 0 Å². The van der Waals surface area contributed by atoms with Gasteiger partial charge in [0.2, 0.25) is 0 Å². The van der Waals surface area contributed by atoms with Crippen molar-refractivity contribution in [3.05, 3.63) is 0 Å². The standard InChI is InChI=1S/C9H19N3O/c1-7(2)11-8(13)12-9(3)4-5-10-6-9/h7,10H,4-6H2,1-3H3,(H2,11,12,13). The van der Waals surface area contributed by atoms with Gasteiger partial charge in [-0.05, 0) is 33.7 Å². The minimum atomic E-state index is -0.0705. The Morgan fingerprint density at radius 3 is 2.69 bits per heavy atom. The van der Waals surface area contributed by atoms with E-state index in [1.54, 1.807) is 0 Å². The zero-order valence-corrected chi connectivity index (χ0v) is 8.61. The van der Waals surface area contributed by atoms with E-state index in [1.165, 1.54) is 0 Å². The van der Waals surface area contributed by atoms with Gasteiger partial charge in [0.1, 0.15) is 0 Å². The summed E-state index contributed by atoms with van der Waals surface area (Å²) >= 11 is 0. The number of carbonyl (C=O) groups is 1. The lowest BCUT2D eigenvalue weighted by Gasteiger charge is -2.25. The van der Waals surface area contributed by atoms with E-state index in [9.17, 15) is 4.79 Å². The first-order valence-corrected chi connectivity index (χ1v) is 4.81. The number of hydrogen-bond acceptors (Lipinski definition) is 2. The summed E-state index contributed by atoms with van der Waals surface area (Å²) in [6, 6.07) is 0.124. The van der Waals surface area contributed by atoms with Crippen molar-refractivity contribution in [2.24, 2.45) is 0 Å². The van der Waals surface area contributed by atoms with E-state index >= 15 is 0 Å². The second kappa shape index (κ2) is 3.96. The van der Waals surface area contributed by atoms with Crippen molar-refractivity contribution in [2.75, 3.05) is 13.1 Å². The fourth-order valence-electron chi connectivity index (χ4n) is 1.50. The van der Waals surface area contributed by atoms with Crippen molar-refractivity contribution in [1.29, 1.82) is 0 Å². The Labute approximate surface area is 79.5 Å². The van der Waals surface area contributed by atoms with Gasteiger partial charge in [-0.2, -0.15) is 0 Å². The van der Waals surface area contributed by atoms with Gasteiger partial charge in [-0.25, -0.2) is 4.79 Å². The van der Waals surface area contributed by atoms with Gasteiger partial charge in [0.05, 0.1) is 5.54 Å². The number of hydrogen-bond donors (Lipinski definition) is 3. The Balaban J connectivity index is 2.34. The van der Waals surface area contributed by atoms with Crippen LogP contribution in [0.3, 0.4) is 0 Å². The topological polar surface area (TPSA) is 53.2 Å².